The smallest absolute Gasteiger partial charge is 0.125 e. The number of nitrogens with one attached hydrogen (secondary N) is 1. The van der Waals surface area contributed by atoms with Gasteiger partial charge in [0.15, 0.2) is 0 Å². The van der Waals surface area contributed by atoms with Gasteiger partial charge in [-0.2, -0.15) is 0 Å². The van der Waals surface area contributed by atoms with Crippen LogP contribution >= 0.6 is 11.9 Å². The van der Waals surface area contributed by atoms with Gasteiger partial charge < -0.3 is 19.3 Å². The predicted molar refractivity (Wildman–Crippen MR) is 122 cm³/mol. The number of ether oxygens (including phenoxy) is 2. The van der Waals surface area contributed by atoms with E-state index in [1.165, 1.54) is 11.9 Å². The van der Waals surface area contributed by atoms with Gasteiger partial charge in [-0.3, -0.25) is 0 Å². The summed E-state index contributed by atoms with van der Waals surface area (Å²) < 4.78 is 14.9. The monoisotopic (exact) mass is 417 g/mol. The van der Waals surface area contributed by atoms with Gasteiger partial charge in [-0.25, -0.2) is 0 Å². The van der Waals surface area contributed by atoms with Crippen molar-refractivity contribution in [3.05, 3.63) is 60.3 Å². The second-order valence-electron chi connectivity index (χ2n) is 7.13. The van der Waals surface area contributed by atoms with Gasteiger partial charge in [-0.1, -0.05) is 45.6 Å². The molecule has 1 aromatic rings. The van der Waals surface area contributed by atoms with Crippen molar-refractivity contribution < 1.29 is 14.6 Å². The summed E-state index contributed by atoms with van der Waals surface area (Å²) in [6.45, 7) is 15.6. The van der Waals surface area contributed by atoms with E-state index in [1.807, 2.05) is 44.2 Å². The van der Waals surface area contributed by atoms with Crippen LogP contribution in [0.25, 0.3) is 0 Å². The number of rotatable bonds is 7. The lowest BCUT2D eigenvalue weighted by Crippen LogP contribution is -2.36. The Hall–Kier alpha value is -1.69. The summed E-state index contributed by atoms with van der Waals surface area (Å²) in [5.74, 6) is 1.26. The maximum atomic E-state index is 10.7. The molecule has 1 fully saturated rings. The largest absolute Gasteiger partial charge is 0.490 e. The van der Waals surface area contributed by atoms with Gasteiger partial charge in [0.1, 0.15) is 11.9 Å². The molecule has 2 aliphatic heterocycles. The Labute approximate surface area is 180 Å². The standard InChI is InChI=1S/C22H29NO3S.C2H6/c1-4-15(2)5-6-16(3)23-27-18-7-8-21-19(13-18)20(24)14-22(26-21)17-9-11-25-12-10-17;1-2/h5-8,13,17,20,22-24H,2-4,9-12,14H2,1H3;1-2H3/b6-5-;. The van der Waals surface area contributed by atoms with Crippen LogP contribution in [0.15, 0.2) is 59.7 Å². The number of aliphatic hydroxyl groups excluding tert-OH is 1. The summed E-state index contributed by atoms with van der Waals surface area (Å²) in [5, 5.41) is 10.7. The van der Waals surface area contributed by atoms with Gasteiger partial charge >= 0.3 is 0 Å². The Morgan fingerprint density at radius 3 is 2.66 bits per heavy atom. The van der Waals surface area contributed by atoms with E-state index in [9.17, 15) is 5.11 Å². The fraction of sp³-hybridized carbons (Fsp3) is 0.500. The fourth-order valence-corrected chi connectivity index (χ4v) is 4.03. The Morgan fingerprint density at radius 1 is 1.24 bits per heavy atom. The molecule has 160 valence electrons. The van der Waals surface area contributed by atoms with Crippen LogP contribution in [-0.4, -0.2) is 24.4 Å². The first-order valence-electron chi connectivity index (χ1n) is 10.6. The van der Waals surface area contributed by atoms with E-state index in [0.717, 1.165) is 60.0 Å². The number of hydrogen-bond donors (Lipinski definition) is 2. The summed E-state index contributed by atoms with van der Waals surface area (Å²) in [5.41, 5.74) is 2.74. The highest BCUT2D eigenvalue weighted by molar-refractivity contribution is 7.97. The van der Waals surface area contributed by atoms with Crippen LogP contribution in [0.2, 0.25) is 0 Å². The van der Waals surface area contributed by atoms with E-state index in [1.54, 1.807) is 0 Å². The fourth-order valence-electron chi connectivity index (χ4n) is 3.39. The van der Waals surface area contributed by atoms with Gasteiger partial charge in [0.05, 0.1) is 6.10 Å². The zero-order valence-electron chi connectivity index (χ0n) is 17.9. The molecule has 0 aromatic heterocycles. The number of aliphatic hydroxyl groups is 1. The zero-order chi connectivity index (χ0) is 21.2. The van der Waals surface area contributed by atoms with Crippen LogP contribution in [-0.2, 0) is 4.74 Å². The minimum absolute atomic E-state index is 0.0737. The molecule has 5 heteroatoms. The molecule has 2 atom stereocenters. The van der Waals surface area contributed by atoms with E-state index in [0.29, 0.717) is 12.3 Å². The van der Waals surface area contributed by atoms with Crippen LogP contribution in [0.1, 0.15) is 58.1 Å². The van der Waals surface area contributed by atoms with E-state index >= 15 is 0 Å². The van der Waals surface area contributed by atoms with Crippen molar-refractivity contribution in [2.45, 2.75) is 63.6 Å². The number of benzene rings is 1. The molecule has 0 saturated carbocycles. The lowest BCUT2D eigenvalue weighted by Gasteiger charge is -2.36. The van der Waals surface area contributed by atoms with Crippen molar-refractivity contribution in [1.82, 2.24) is 4.72 Å². The summed E-state index contributed by atoms with van der Waals surface area (Å²) in [6.07, 6.45) is 7.06. The second kappa shape index (κ2) is 12.1. The van der Waals surface area contributed by atoms with Gasteiger partial charge in [0.25, 0.3) is 0 Å². The van der Waals surface area contributed by atoms with E-state index in [4.69, 9.17) is 9.47 Å². The van der Waals surface area contributed by atoms with Crippen LogP contribution in [0.5, 0.6) is 5.75 Å². The Balaban J connectivity index is 0.00000145. The average Bonchev–Trinajstić information content (AvgIpc) is 2.78. The van der Waals surface area contributed by atoms with Crippen molar-refractivity contribution in [3.63, 3.8) is 0 Å². The summed E-state index contributed by atoms with van der Waals surface area (Å²) >= 11 is 1.48. The first-order valence-corrected chi connectivity index (χ1v) is 11.4. The molecule has 2 unspecified atom stereocenters. The average molecular weight is 418 g/mol. The molecule has 0 radical (unpaired) electrons. The molecule has 29 heavy (non-hydrogen) atoms. The molecule has 0 bridgehead atoms. The molecule has 2 aliphatic rings. The molecule has 2 N–H and O–H groups in total. The highest BCUT2D eigenvalue weighted by Crippen LogP contribution is 2.40. The van der Waals surface area contributed by atoms with E-state index in [-0.39, 0.29) is 6.10 Å². The maximum Gasteiger partial charge on any atom is 0.125 e. The second-order valence-corrected chi connectivity index (χ2v) is 8.01. The molecule has 0 spiro atoms. The highest BCUT2D eigenvalue weighted by Gasteiger charge is 2.33. The van der Waals surface area contributed by atoms with Crippen LogP contribution < -0.4 is 9.46 Å². The van der Waals surface area contributed by atoms with Gasteiger partial charge in [0.2, 0.25) is 0 Å². The van der Waals surface area contributed by atoms with Gasteiger partial charge in [0, 0.05) is 41.7 Å². The van der Waals surface area contributed by atoms with Crippen molar-refractivity contribution in [2.24, 2.45) is 5.92 Å². The molecular weight excluding hydrogens is 382 g/mol. The lowest BCUT2D eigenvalue weighted by atomic mass is 9.87. The third kappa shape index (κ3) is 6.95. The molecule has 4 nitrogen and oxygen atoms in total. The van der Waals surface area contributed by atoms with Crippen molar-refractivity contribution in [2.75, 3.05) is 13.2 Å². The Bertz CT molecular complexity index is 710. The molecule has 1 aromatic carbocycles. The molecule has 0 amide bonds. The number of allylic oxidation sites excluding steroid dienone is 3. The van der Waals surface area contributed by atoms with Crippen molar-refractivity contribution in [3.8, 4) is 5.75 Å². The lowest BCUT2D eigenvalue weighted by molar-refractivity contribution is -0.0151. The minimum atomic E-state index is -0.488. The van der Waals surface area contributed by atoms with Crippen LogP contribution in [0.3, 0.4) is 0 Å². The molecular formula is C24H35NO3S. The summed E-state index contributed by atoms with van der Waals surface area (Å²) in [4.78, 5) is 1.02. The molecule has 1 saturated heterocycles. The Morgan fingerprint density at radius 2 is 1.97 bits per heavy atom. The zero-order valence-corrected chi connectivity index (χ0v) is 18.8. The van der Waals surface area contributed by atoms with Gasteiger partial charge in [-0.05, 0) is 55.5 Å². The van der Waals surface area contributed by atoms with E-state index in [2.05, 4.69) is 24.8 Å². The first-order chi connectivity index (χ1) is 14.1. The topological polar surface area (TPSA) is 50.7 Å². The number of hydrogen-bond acceptors (Lipinski definition) is 5. The molecule has 0 aliphatic carbocycles. The molecule has 2 heterocycles. The summed E-state index contributed by atoms with van der Waals surface area (Å²) in [7, 11) is 0. The highest BCUT2D eigenvalue weighted by atomic mass is 32.2. The third-order valence-electron chi connectivity index (χ3n) is 5.14. The normalized spacial score (nSPS) is 21.5. The molecule has 3 rings (SSSR count). The quantitative estimate of drug-likeness (QED) is 0.424. The minimum Gasteiger partial charge on any atom is -0.490 e. The van der Waals surface area contributed by atoms with Crippen LogP contribution in [0.4, 0.5) is 0 Å². The van der Waals surface area contributed by atoms with E-state index < -0.39 is 6.10 Å². The Kier molecular flexibility index (Phi) is 9.85. The van der Waals surface area contributed by atoms with Crippen LogP contribution in [0, 0.1) is 5.92 Å². The predicted octanol–water partition coefficient (Wildman–Crippen LogP) is 5.96. The van der Waals surface area contributed by atoms with Crippen molar-refractivity contribution in [1.29, 1.82) is 0 Å². The van der Waals surface area contributed by atoms with Gasteiger partial charge in [-0.15, -0.1) is 0 Å². The summed E-state index contributed by atoms with van der Waals surface area (Å²) in [6, 6.07) is 5.98. The SMILES string of the molecule is C=C(/C=C\C(=C)NSc1ccc2c(c1)C(O)CC(C1CCOCC1)O2)CC.CC. The number of fused-ring (bicyclic) bond motifs is 1. The van der Waals surface area contributed by atoms with Crippen molar-refractivity contribution >= 4 is 11.9 Å². The first kappa shape index (κ1) is 23.6. The third-order valence-corrected chi connectivity index (χ3v) is 5.99. The maximum absolute atomic E-state index is 10.7.